The van der Waals surface area contributed by atoms with Crippen LogP contribution in [0.1, 0.15) is 34.8 Å². The second-order valence-corrected chi connectivity index (χ2v) is 5.23. The highest BCUT2D eigenvalue weighted by Crippen LogP contribution is 2.29. The van der Waals surface area contributed by atoms with Crippen molar-refractivity contribution in [1.29, 1.82) is 0 Å². The molecule has 0 heterocycles. The Morgan fingerprint density at radius 2 is 1.85 bits per heavy atom. The van der Waals surface area contributed by atoms with Crippen LogP contribution in [0.4, 0.5) is 0 Å². The standard InChI is InChI=1S/C18H22O2/c1-13-8-11-18(20-3)16(12-13)17(19)10-9-15-7-5-4-6-14(15)2/h4-8,11-12,17,19H,9-10H2,1-3H3. The van der Waals surface area contributed by atoms with Gasteiger partial charge in [-0.1, -0.05) is 35.9 Å². The molecular weight excluding hydrogens is 248 g/mol. The Hall–Kier alpha value is -1.80. The third kappa shape index (κ3) is 3.40. The Labute approximate surface area is 121 Å². The molecule has 1 atom stereocenters. The number of aryl methyl sites for hydroxylation is 3. The molecule has 2 aromatic rings. The normalized spacial score (nSPS) is 12.2. The van der Waals surface area contributed by atoms with Gasteiger partial charge in [0, 0.05) is 5.56 Å². The van der Waals surface area contributed by atoms with Crippen LogP contribution < -0.4 is 4.74 Å². The van der Waals surface area contributed by atoms with E-state index in [4.69, 9.17) is 4.74 Å². The average Bonchev–Trinajstić information content (AvgIpc) is 2.46. The monoisotopic (exact) mass is 270 g/mol. The first-order valence-electron chi connectivity index (χ1n) is 6.99. The predicted molar refractivity (Wildman–Crippen MR) is 82.2 cm³/mol. The van der Waals surface area contributed by atoms with Crippen molar-refractivity contribution in [2.75, 3.05) is 7.11 Å². The molecule has 0 bridgehead atoms. The highest BCUT2D eigenvalue weighted by molar-refractivity contribution is 5.38. The van der Waals surface area contributed by atoms with Crippen LogP contribution in [0.2, 0.25) is 0 Å². The quantitative estimate of drug-likeness (QED) is 0.890. The number of rotatable bonds is 5. The van der Waals surface area contributed by atoms with E-state index in [0.29, 0.717) is 6.42 Å². The van der Waals surface area contributed by atoms with Crippen LogP contribution in [-0.4, -0.2) is 12.2 Å². The lowest BCUT2D eigenvalue weighted by atomic mass is 9.97. The lowest BCUT2D eigenvalue weighted by Gasteiger charge is -2.16. The number of aliphatic hydroxyl groups excluding tert-OH is 1. The third-order valence-electron chi connectivity index (χ3n) is 3.69. The average molecular weight is 270 g/mol. The van der Waals surface area contributed by atoms with E-state index < -0.39 is 6.10 Å². The van der Waals surface area contributed by atoms with Crippen LogP contribution in [-0.2, 0) is 6.42 Å². The molecule has 1 N–H and O–H groups in total. The fourth-order valence-corrected chi connectivity index (χ4v) is 2.45. The molecule has 2 rings (SSSR count). The van der Waals surface area contributed by atoms with Crippen LogP contribution in [0.15, 0.2) is 42.5 Å². The molecule has 0 amide bonds. The van der Waals surface area contributed by atoms with Gasteiger partial charge in [-0.3, -0.25) is 0 Å². The van der Waals surface area contributed by atoms with Gasteiger partial charge in [-0.05, 0) is 49.9 Å². The first-order valence-corrected chi connectivity index (χ1v) is 6.99. The minimum Gasteiger partial charge on any atom is -0.496 e. The van der Waals surface area contributed by atoms with E-state index in [1.54, 1.807) is 7.11 Å². The lowest BCUT2D eigenvalue weighted by Crippen LogP contribution is -2.03. The van der Waals surface area contributed by atoms with Gasteiger partial charge in [0.2, 0.25) is 0 Å². The molecule has 0 saturated heterocycles. The summed E-state index contributed by atoms with van der Waals surface area (Å²) < 4.78 is 5.34. The number of hydrogen-bond donors (Lipinski definition) is 1. The number of ether oxygens (including phenoxy) is 1. The smallest absolute Gasteiger partial charge is 0.124 e. The molecule has 0 fully saturated rings. The summed E-state index contributed by atoms with van der Waals surface area (Å²) in [6.07, 6.45) is 1.07. The molecule has 0 aliphatic rings. The van der Waals surface area contributed by atoms with Gasteiger partial charge in [-0.15, -0.1) is 0 Å². The molecule has 2 nitrogen and oxygen atoms in total. The summed E-state index contributed by atoms with van der Waals surface area (Å²) in [5.74, 6) is 0.757. The summed E-state index contributed by atoms with van der Waals surface area (Å²) >= 11 is 0. The van der Waals surface area contributed by atoms with Crippen LogP contribution in [0.3, 0.4) is 0 Å². The van der Waals surface area contributed by atoms with Crippen molar-refractivity contribution < 1.29 is 9.84 Å². The van der Waals surface area contributed by atoms with Gasteiger partial charge in [0.25, 0.3) is 0 Å². The van der Waals surface area contributed by atoms with Gasteiger partial charge in [0.1, 0.15) is 5.75 Å². The predicted octanol–water partition coefficient (Wildman–Crippen LogP) is 3.98. The largest absolute Gasteiger partial charge is 0.496 e. The van der Waals surface area contributed by atoms with Crippen LogP contribution >= 0.6 is 0 Å². The summed E-state index contributed by atoms with van der Waals surface area (Å²) in [6, 6.07) is 14.2. The zero-order chi connectivity index (χ0) is 14.5. The fourth-order valence-electron chi connectivity index (χ4n) is 2.45. The Balaban J connectivity index is 2.11. The molecule has 0 saturated carbocycles. The summed E-state index contributed by atoms with van der Waals surface area (Å²) in [5.41, 5.74) is 4.57. The summed E-state index contributed by atoms with van der Waals surface area (Å²) in [5, 5.41) is 10.4. The molecule has 0 aliphatic heterocycles. The van der Waals surface area contributed by atoms with Crippen LogP contribution in [0.5, 0.6) is 5.75 Å². The van der Waals surface area contributed by atoms with E-state index in [1.807, 2.05) is 37.3 Å². The maximum Gasteiger partial charge on any atom is 0.124 e. The van der Waals surface area contributed by atoms with Gasteiger partial charge >= 0.3 is 0 Å². The van der Waals surface area contributed by atoms with Crippen molar-refractivity contribution in [2.45, 2.75) is 32.8 Å². The SMILES string of the molecule is COc1ccc(C)cc1C(O)CCc1ccccc1C. The highest BCUT2D eigenvalue weighted by atomic mass is 16.5. The fraction of sp³-hybridized carbons (Fsp3) is 0.333. The van der Waals surface area contributed by atoms with Gasteiger partial charge in [-0.25, -0.2) is 0 Å². The van der Waals surface area contributed by atoms with Crippen LogP contribution in [0.25, 0.3) is 0 Å². The molecular formula is C18H22O2. The molecule has 106 valence electrons. The molecule has 20 heavy (non-hydrogen) atoms. The topological polar surface area (TPSA) is 29.5 Å². The van der Waals surface area contributed by atoms with E-state index in [2.05, 4.69) is 19.1 Å². The number of methoxy groups -OCH3 is 1. The highest BCUT2D eigenvalue weighted by Gasteiger charge is 2.14. The van der Waals surface area contributed by atoms with Gasteiger partial charge in [-0.2, -0.15) is 0 Å². The van der Waals surface area contributed by atoms with Crippen molar-refractivity contribution in [3.8, 4) is 5.75 Å². The molecule has 1 unspecified atom stereocenters. The zero-order valence-corrected chi connectivity index (χ0v) is 12.4. The molecule has 2 heteroatoms. The minimum absolute atomic E-state index is 0.496. The van der Waals surface area contributed by atoms with Crippen molar-refractivity contribution >= 4 is 0 Å². The Morgan fingerprint density at radius 1 is 1.10 bits per heavy atom. The molecule has 0 spiro atoms. The Morgan fingerprint density at radius 3 is 2.55 bits per heavy atom. The third-order valence-corrected chi connectivity index (χ3v) is 3.69. The first-order chi connectivity index (χ1) is 9.61. The lowest BCUT2D eigenvalue weighted by molar-refractivity contribution is 0.163. The van der Waals surface area contributed by atoms with E-state index in [9.17, 15) is 5.11 Å². The number of hydrogen-bond acceptors (Lipinski definition) is 2. The zero-order valence-electron chi connectivity index (χ0n) is 12.4. The number of aliphatic hydroxyl groups is 1. The van der Waals surface area contributed by atoms with E-state index in [0.717, 1.165) is 23.3 Å². The van der Waals surface area contributed by atoms with Crippen LogP contribution in [0, 0.1) is 13.8 Å². The minimum atomic E-state index is -0.496. The maximum absolute atomic E-state index is 10.4. The molecule has 0 aliphatic carbocycles. The van der Waals surface area contributed by atoms with E-state index in [1.165, 1.54) is 11.1 Å². The summed E-state index contributed by atoms with van der Waals surface area (Å²) in [4.78, 5) is 0. The molecule has 2 aromatic carbocycles. The van der Waals surface area contributed by atoms with Crippen molar-refractivity contribution in [3.05, 3.63) is 64.7 Å². The van der Waals surface area contributed by atoms with Gasteiger partial charge in [0.15, 0.2) is 0 Å². The second-order valence-electron chi connectivity index (χ2n) is 5.23. The van der Waals surface area contributed by atoms with Gasteiger partial charge < -0.3 is 9.84 Å². The Bertz CT molecular complexity index is 575. The summed E-state index contributed by atoms with van der Waals surface area (Å²) in [6.45, 7) is 4.13. The number of benzene rings is 2. The molecule has 0 radical (unpaired) electrons. The van der Waals surface area contributed by atoms with Gasteiger partial charge in [0.05, 0.1) is 13.2 Å². The Kier molecular flexibility index (Phi) is 4.80. The van der Waals surface area contributed by atoms with Crippen molar-refractivity contribution in [3.63, 3.8) is 0 Å². The molecule has 0 aromatic heterocycles. The maximum atomic E-state index is 10.4. The van der Waals surface area contributed by atoms with Crippen molar-refractivity contribution in [1.82, 2.24) is 0 Å². The van der Waals surface area contributed by atoms with Crippen molar-refractivity contribution in [2.24, 2.45) is 0 Å². The summed E-state index contributed by atoms with van der Waals surface area (Å²) in [7, 11) is 1.64. The van der Waals surface area contributed by atoms with E-state index >= 15 is 0 Å². The first kappa shape index (κ1) is 14.6. The second kappa shape index (κ2) is 6.58. The van der Waals surface area contributed by atoms with E-state index in [-0.39, 0.29) is 0 Å².